The van der Waals surface area contributed by atoms with Gasteiger partial charge in [-0.3, -0.25) is 4.79 Å². The molecule has 0 radical (unpaired) electrons. The highest BCUT2D eigenvalue weighted by Gasteiger charge is 2.44. The minimum Gasteiger partial charge on any atom is -0.394 e. The number of amides is 1. The van der Waals surface area contributed by atoms with E-state index in [0.29, 0.717) is 6.42 Å². The van der Waals surface area contributed by atoms with Gasteiger partial charge >= 0.3 is 0 Å². The van der Waals surface area contributed by atoms with E-state index in [4.69, 9.17) is 9.47 Å². The summed E-state index contributed by atoms with van der Waals surface area (Å²) in [6.07, 6.45) is 68.3. The molecular formula is C65H117NO8. The van der Waals surface area contributed by atoms with Crippen LogP contribution in [0.4, 0.5) is 0 Å². The number of hydrogen-bond acceptors (Lipinski definition) is 8. The van der Waals surface area contributed by atoms with Gasteiger partial charge in [-0.15, -0.1) is 0 Å². The molecule has 1 amide bonds. The first kappa shape index (κ1) is 69.6. The monoisotopic (exact) mass is 1040 g/mol. The third-order valence-corrected chi connectivity index (χ3v) is 14.5. The van der Waals surface area contributed by atoms with Gasteiger partial charge in [-0.2, -0.15) is 0 Å². The van der Waals surface area contributed by atoms with Crippen LogP contribution in [0.1, 0.15) is 277 Å². The number of hydrogen-bond donors (Lipinski definition) is 6. The van der Waals surface area contributed by atoms with E-state index in [1.807, 2.05) is 6.08 Å². The molecular weight excluding hydrogens is 923 g/mol. The average molecular weight is 1040 g/mol. The lowest BCUT2D eigenvalue weighted by molar-refractivity contribution is -0.302. The van der Waals surface area contributed by atoms with Gasteiger partial charge in [-0.05, 0) is 64.2 Å². The van der Waals surface area contributed by atoms with Gasteiger partial charge in [0.05, 0.1) is 25.4 Å². The van der Waals surface area contributed by atoms with Crippen molar-refractivity contribution in [1.29, 1.82) is 0 Å². The number of carbonyl (C=O) groups excluding carboxylic acids is 1. The van der Waals surface area contributed by atoms with E-state index in [1.165, 1.54) is 186 Å². The zero-order valence-corrected chi connectivity index (χ0v) is 47.8. The number of rotatable bonds is 53. The molecule has 430 valence electrons. The Bertz CT molecular complexity index is 1390. The number of carbonyl (C=O) groups is 1. The second-order valence-corrected chi connectivity index (χ2v) is 21.5. The fourth-order valence-corrected chi connectivity index (χ4v) is 9.66. The Morgan fingerprint density at radius 1 is 0.473 bits per heavy atom. The van der Waals surface area contributed by atoms with Crippen LogP contribution in [0.15, 0.2) is 72.9 Å². The van der Waals surface area contributed by atoms with Gasteiger partial charge in [0.2, 0.25) is 5.91 Å². The second kappa shape index (κ2) is 54.0. The van der Waals surface area contributed by atoms with E-state index < -0.39 is 49.5 Å². The first-order valence-electron chi connectivity index (χ1n) is 31.2. The van der Waals surface area contributed by atoms with Crippen LogP contribution in [0.3, 0.4) is 0 Å². The van der Waals surface area contributed by atoms with Gasteiger partial charge in [0.15, 0.2) is 6.29 Å². The Morgan fingerprint density at radius 2 is 0.838 bits per heavy atom. The van der Waals surface area contributed by atoms with Gasteiger partial charge in [-0.1, -0.05) is 279 Å². The maximum absolute atomic E-state index is 13.1. The van der Waals surface area contributed by atoms with E-state index in [1.54, 1.807) is 6.08 Å². The first-order chi connectivity index (χ1) is 36.3. The molecule has 0 aliphatic carbocycles. The number of nitrogens with one attached hydrogen (secondary N) is 1. The molecule has 74 heavy (non-hydrogen) atoms. The third kappa shape index (κ3) is 42.7. The summed E-state index contributed by atoms with van der Waals surface area (Å²) in [4.78, 5) is 13.1. The topological polar surface area (TPSA) is 149 Å². The summed E-state index contributed by atoms with van der Waals surface area (Å²) in [5.41, 5.74) is 0. The van der Waals surface area contributed by atoms with Crippen molar-refractivity contribution in [3.8, 4) is 0 Å². The van der Waals surface area contributed by atoms with Crippen molar-refractivity contribution in [2.45, 2.75) is 320 Å². The molecule has 0 spiro atoms. The Morgan fingerprint density at radius 3 is 1.24 bits per heavy atom. The summed E-state index contributed by atoms with van der Waals surface area (Å²) in [5, 5.41) is 54.6. The molecule has 1 aliphatic rings. The summed E-state index contributed by atoms with van der Waals surface area (Å²) in [6.45, 7) is 3.69. The molecule has 1 saturated heterocycles. The number of allylic oxidation sites excluding steroid dienone is 11. The normalized spacial score (nSPS) is 19.5. The van der Waals surface area contributed by atoms with Crippen molar-refractivity contribution >= 4 is 5.91 Å². The lowest BCUT2D eigenvalue weighted by atomic mass is 9.99. The Kier molecular flexibility index (Phi) is 50.8. The smallest absolute Gasteiger partial charge is 0.220 e. The van der Waals surface area contributed by atoms with Crippen LogP contribution in [0.5, 0.6) is 0 Å². The van der Waals surface area contributed by atoms with Crippen LogP contribution in [0.25, 0.3) is 0 Å². The molecule has 9 heteroatoms. The van der Waals surface area contributed by atoms with Crippen molar-refractivity contribution in [3.63, 3.8) is 0 Å². The maximum atomic E-state index is 13.1. The van der Waals surface area contributed by atoms with Crippen LogP contribution in [-0.2, 0) is 14.3 Å². The molecule has 0 aromatic carbocycles. The number of aliphatic hydroxyl groups is 5. The second-order valence-electron chi connectivity index (χ2n) is 21.5. The standard InChI is InChI=1S/C65H117NO8/c1-3-5-7-9-11-13-15-17-19-21-23-25-26-27-28-29-30-31-32-33-34-35-37-39-41-43-45-47-49-51-53-55-61(69)66-58(57-73-65-64(72)63(71)62(70)60(56-67)74-65)59(68)54-52-50-48-46-44-42-40-38-36-24-22-20-18-16-14-12-10-8-6-4-2/h5,7,11,13,17,19,23,25,27-28,52,54,58-60,62-65,67-68,70-72H,3-4,6,8-10,12,14-16,18,20-22,24,26,29-51,53,55-57H2,1-2H3,(H,66,69)/b7-5-,13-11-,19-17-,25-23-,28-27-,54-52+. The quantitative estimate of drug-likeness (QED) is 0.0261. The van der Waals surface area contributed by atoms with Crippen LogP contribution < -0.4 is 5.32 Å². The lowest BCUT2D eigenvalue weighted by Crippen LogP contribution is -2.60. The SMILES string of the molecule is CC/C=C\C/C=C\C/C=C\C/C=C\C/C=C\CCCCCCCCCCCCCCCCCC(=O)NC(COC1OC(CO)C(O)C(O)C1O)C(O)/C=C/CCCCCCCCCCCCCCCCCCCC. The van der Waals surface area contributed by atoms with Crippen LogP contribution >= 0.6 is 0 Å². The minimum absolute atomic E-state index is 0.176. The summed E-state index contributed by atoms with van der Waals surface area (Å²) in [7, 11) is 0. The molecule has 0 aromatic rings. The van der Waals surface area contributed by atoms with Crippen molar-refractivity contribution in [3.05, 3.63) is 72.9 Å². The lowest BCUT2D eigenvalue weighted by Gasteiger charge is -2.40. The minimum atomic E-state index is -1.57. The van der Waals surface area contributed by atoms with Crippen LogP contribution in [-0.4, -0.2) is 87.5 Å². The predicted molar refractivity (Wildman–Crippen MR) is 313 cm³/mol. The largest absolute Gasteiger partial charge is 0.394 e. The maximum Gasteiger partial charge on any atom is 0.220 e. The Balaban J connectivity index is 2.17. The molecule has 1 heterocycles. The van der Waals surface area contributed by atoms with Crippen molar-refractivity contribution in [2.24, 2.45) is 0 Å². The Labute approximate surface area is 455 Å². The molecule has 7 unspecified atom stereocenters. The fourth-order valence-electron chi connectivity index (χ4n) is 9.66. The number of aliphatic hydroxyl groups excluding tert-OH is 5. The molecule has 9 nitrogen and oxygen atoms in total. The van der Waals surface area contributed by atoms with Gasteiger partial charge in [0.1, 0.15) is 24.4 Å². The van der Waals surface area contributed by atoms with E-state index in [-0.39, 0.29) is 12.5 Å². The van der Waals surface area contributed by atoms with Gasteiger partial charge in [0, 0.05) is 6.42 Å². The molecule has 0 bridgehead atoms. The summed E-state index contributed by atoms with van der Waals surface area (Å²) in [5.74, 6) is -0.176. The zero-order valence-electron chi connectivity index (χ0n) is 47.8. The van der Waals surface area contributed by atoms with E-state index in [2.05, 4.69) is 79.9 Å². The highest BCUT2D eigenvalue weighted by molar-refractivity contribution is 5.76. The molecule has 1 rings (SSSR count). The van der Waals surface area contributed by atoms with E-state index >= 15 is 0 Å². The molecule has 0 aromatic heterocycles. The van der Waals surface area contributed by atoms with Gasteiger partial charge < -0.3 is 40.3 Å². The molecule has 7 atom stereocenters. The van der Waals surface area contributed by atoms with Gasteiger partial charge in [0.25, 0.3) is 0 Å². The zero-order chi connectivity index (χ0) is 53.6. The Hall–Kier alpha value is -2.37. The highest BCUT2D eigenvalue weighted by atomic mass is 16.7. The molecule has 1 aliphatic heterocycles. The van der Waals surface area contributed by atoms with Crippen LogP contribution in [0, 0.1) is 0 Å². The number of ether oxygens (including phenoxy) is 2. The summed E-state index contributed by atoms with van der Waals surface area (Å²) in [6, 6.07) is -0.808. The van der Waals surface area contributed by atoms with Crippen molar-refractivity contribution < 1.29 is 39.8 Å². The van der Waals surface area contributed by atoms with Crippen molar-refractivity contribution in [2.75, 3.05) is 13.2 Å². The van der Waals surface area contributed by atoms with Crippen molar-refractivity contribution in [1.82, 2.24) is 5.32 Å². The molecule has 6 N–H and O–H groups in total. The van der Waals surface area contributed by atoms with E-state index in [0.717, 1.165) is 70.6 Å². The fraction of sp³-hybridized carbons (Fsp3) is 0.800. The summed E-state index contributed by atoms with van der Waals surface area (Å²) >= 11 is 0. The first-order valence-corrected chi connectivity index (χ1v) is 31.2. The molecule has 1 fully saturated rings. The average Bonchev–Trinajstić information content (AvgIpc) is 3.40. The number of unbranched alkanes of at least 4 members (excludes halogenated alkanes) is 33. The van der Waals surface area contributed by atoms with Gasteiger partial charge in [-0.25, -0.2) is 0 Å². The summed E-state index contributed by atoms with van der Waals surface area (Å²) < 4.78 is 11.3. The third-order valence-electron chi connectivity index (χ3n) is 14.5. The highest BCUT2D eigenvalue weighted by Crippen LogP contribution is 2.23. The predicted octanol–water partition coefficient (Wildman–Crippen LogP) is 16.0. The molecule has 0 saturated carbocycles. The van der Waals surface area contributed by atoms with Crippen LogP contribution in [0.2, 0.25) is 0 Å². The van der Waals surface area contributed by atoms with E-state index in [9.17, 15) is 30.3 Å².